The molecule has 0 unspecified atom stereocenters. The van der Waals surface area contributed by atoms with Gasteiger partial charge in [-0.05, 0) is 39.4 Å². The van der Waals surface area contributed by atoms with Gasteiger partial charge in [-0.3, -0.25) is 4.90 Å². The highest BCUT2D eigenvalue weighted by Crippen LogP contribution is 2.47. The molecule has 4 aromatic rings. The third-order valence-electron chi connectivity index (χ3n) is 6.57. The van der Waals surface area contributed by atoms with Crippen LogP contribution in [-0.4, -0.2) is 31.2 Å². The van der Waals surface area contributed by atoms with Crippen molar-refractivity contribution in [2.24, 2.45) is 0 Å². The van der Waals surface area contributed by atoms with Gasteiger partial charge in [0.05, 0.1) is 32.4 Å². The monoisotopic (exact) mass is 481 g/mol. The van der Waals surface area contributed by atoms with E-state index in [1.54, 1.807) is 29.2 Å². The van der Waals surface area contributed by atoms with Crippen LogP contribution in [0, 0.1) is 5.82 Å². The van der Waals surface area contributed by atoms with Crippen LogP contribution < -0.4 is 0 Å². The lowest BCUT2D eigenvalue weighted by Gasteiger charge is -2.30. The standard InChI is InChI=1S/C30H24FNO4/c1-35-29(33)26-17-9-16-23(27(26)31)20-11-4-3-10-19(20)18-32(30(34)36-2)28-24-14-7-5-12-21(24)22-13-6-8-15-25(22)28/h3-17,28H,18H2,1-2H3. The van der Waals surface area contributed by atoms with Crippen LogP contribution >= 0.6 is 0 Å². The Morgan fingerprint density at radius 2 is 1.28 bits per heavy atom. The Kier molecular flexibility index (Phi) is 6.25. The largest absolute Gasteiger partial charge is 0.465 e. The first kappa shape index (κ1) is 23.3. The molecule has 4 aromatic carbocycles. The molecule has 0 N–H and O–H groups in total. The van der Waals surface area contributed by atoms with Crippen LogP contribution in [0.3, 0.4) is 0 Å². The predicted octanol–water partition coefficient (Wildman–Crippen LogP) is 6.62. The van der Waals surface area contributed by atoms with Crippen molar-refractivity contribution >= 4 is 12.1 Å². The highest BCUT2D eigenvalue weighted by molar-refractivity contribution is 5.91. The Hall–Kier alpha value is -4.45. The fraction of sp³-hybridized carbons (Fsp3) is 0.133. The molecular formula is C30H24FNO4. The van der Waals surface area contributed by atoms with Crippen molar-refractivity contribution in [3.05, 3.63) is 119 Å². The molecule has 180 valence electrons. The number of rotatable bonds is 5. The van der Waals surface area contributed by atoms with Crippen LogP contribution in [0.4, 0.5) is 9.18 Å². The maximum atomic E-state index is 15.4. The molecule has 0 saturated carbocycles. The summed E-state index contributed by atoms with van der Waals surface area (Å²) in [6, 6.07) is 27.5. The number of hydrogen-bond acceptors (Lipinski definition) is 4. The summed E-state index contributed by atoms with van der Waals surface area (Å²) in [7, 11) is 2.57. The Bertz CT molecular complexity index is 1420. The van der Waals surface area contributed by atoms with E-state index in [2.05, 4.69) is 0 Å². The van der Waals surface area contributed by atoms with E-state index in [1.165, 1.54) is 20.3 Å². The summed E-state index contributed by atoms with van der Waals surface area (Å²) in [4.78, 5) is 26.9. The van der Waals surface area contributed by atoms with Gasteiger partial charge in [0.25, 0.3) is 0 Å². The first-order chi connectivity index (χ1) is 17.5. The zero-order chi connectivity index (χ0) is 25.2. The molecule has 1 amide bonds. The number of hydrogen-bond donors (Lipinski definition) is 0. The average molecular weight is 482 g/mol. The van der Waals surface area contributed by atoms with Crippen LogP contribution in [0.2, 0.25) is 0 Å². The Balaban J connectivity index is 1.62. The number of ether oxygens (including phenoxy) is 2. The van der Waals surface area contributed by atoms with E-state index in [1.807, 2.05) is 60.7 Å². The summed E-state index contributed by atoms with van der Waals surface area (Å²) in [5.41, 5.74) is 5.54. The second-order valence-corrected chi connectivity index (χ2v) is 8.49. The van der Waals surface area contributed by atoms with Gasteiger partial charge in [0.15, 0.2) is 0 Å². The maximum Gasteiger partial charge on any atom is 0.410 e. The number of esters is 1. The van der Waals surface area contributed by atoms with Gasteiger partial charge in [-0.15, -0.1) is 0 Å². The zero-order valence-corrected chi connectivity index (χ0v) is 19.9. The molecule has 0 heterocycles. The van der Waals surface area contributed by atoms with Gasteiger partial charge in [-0.25, -0.2) is 14.0 Å². The lowest BCUT2D eigenvalue weighted by molar-refractivity contribution is 0.0595. The summed E-state index contributed by atoms with van der Waals surface area (Å²) >= 11 is 0. The van der Waals surface area contributed by atoms with Crippen molar-refractivity contribution in [2.45, 2.75) is 12.6 Å². The normalized spacial score (nSPS) is 12.0. The molecule has 5 nitrogen and oxygen atoms in total. The number of carbonyl (C=O) groups excluding carboxylic acids is 2. The van der Waals surface area contributed by atoms with Gasteiger partial charge in [0.1, 0.15) is 5.82 Å². The van der Waals surface area contributed by atoms with Gasteiger partial charge < -0.3 is 9.47 Å². The van der Waals surface area contributed by atoms with Gasteiger partial charge in [-0.2, -0.15) is 0 Å². The van der Waals surface area contributed by atoms with E-state index in [4.69, 9.17) is 9.47 Å². The van der Waals surface area contributed by atoms with Crippen molar-refractivity contribution in [3.8, 4) is 22.3 Å². The molecule has 0 fully saturated rings. The van der Waals surface area contributed by atoms with Crippen LogP contribution in [0.15, 0.2) is 91.0 Å². The van der Waals surface area contributed by atoms with Gasteiger partial charge in [0, 0.05) is 5.56 Å². The number of benzene rings is 4. The molecular weight excluding hydrogens is 457 g/mol. The Morgan fingerprint density at radius 3 is 1.89 bits per heavy atom. The average Bonchev–Trinajstić information content (AvgIpc) is 3.25. The highest BCUT2D eigenvalue weighted by Gasteiger charge is 2.36. The second kappa shape index (κ2) is 9.66. The third-order valence-corrected chi connectivity index (χ3v) is 6.57. The lowest BCUT2D eigenvalue weighted by atomic mass is 9.96. The molecule has 5 rings (SSSR count). The molecule has 1 aliphatic rings. The molecule has 0 radical (unpaired) electrons. The van der Waals surface area contributed by atoms with Crippen LogP contribution in [0.25, 0.3) is 22.3 Å². The summed E-state index contributed by atoms with van der Waals surface area (Å²) in [6.45, 7) is 0.165. The van der Waals surface area contributed by atoms with Gasteiger partial charge >= 0.3 is 12.1 Å². The number of amides is 1. The van der Waals surface area contributed by atoms with E-state index >= 15 is 4.39 Å². The first-order valence-corrected chi connectivity index (χ1v) is 11.5. The predicted molar refractivity (Wildman–Crippen MR) is 135 cm³/mol. The van der Waals surface area contributed by atoms with Gasteiger partial charge in [-0.1, -0.05) is 84.9 Å². The minimum absolute atomic E-state index is 0.145. The third kappa shape index (κ3) is 3.90. The Labute approximate surface area is 208 Å². The fourth-order valence-corrected chi connectivity index (χ4v) is 4.96. The van der Waals surface area contributed by atoms with Crippen molar-refractivity contribution in [2.75, 3.05) is 14.2 Å². The summed E-state index contributed by atoms with van der Waals surface area (Å²) in [5.74, 6) is -1.42. The van der Waals surface area contributed by atoms with E-state index in [-0.39, 0.29) is 23.7 Å². The molecule has 0 aromatic heterocycles. The van der Waals surface area contributed by atoms with Crippen LogP contribution in [0.5, 0.6) is 0 Å². The number of methoxy groups -OCH3 is 2. The molecule has 0 spiro atoms. The molecule has 0 aliphatic heterocycles. The van der Waals surface area contributed by atoms with E-state index < -0.39 is 17.9 Å². The van der Waals surface area contributed by atoms with Crippen molar-refractivity contribution in [3.63, 3.8) is 0 Å². The summed E-state index contributed by atoms with van der Waals surface area (Å²) in [6.07, 6.45) is -0.495. The van der Waals surface area contributed by atoms with Gasteiger partial charge in [0.2, 0.25) is 0 Å². The lowest BCUT2D eigenvalue weighted by Crippen LogP contribution is -2.34. The van der Waals surface area contributed by atoms with Crippen LogP contribution in [-0.2, 0) is 16.0 Å². The van der Waals surface area contributed by atoms with E-state index in [9.17, 15) is 9.59 Å². The van der Waals surface area contributed by atoms with Crippen molar-refractivity contribution in [1.82, 2.24) is 4.90 Å². The molecule has 6 heteroatoms. The smallest absolute Gasteiger partial charge is 0.410 e. The van der Waals surface area contributed by atoms with Crippen molar-refractivity contribution < 1.29 is 23.5 Å². The topological polar surface area (TPSA) is 55.8 Å². The van der Waals surface area contributed by atoms with E-state index in [0.29, 0.717) is 11.1 Å². The van der Waals surface area contributed by atoms with Crippen LogP contribution in [0.1, 0.15) is 33.1 Å². The molecule has 36 heavy (non-hydrogen) atoms. The van der Waals surface area contributed by atoms with E-state index in [0.717, 1.165) is 22.3 Å². The first-order valence-electron chi connectivity index (χ1n) is 11.5. The number of fused-ring (bicyclic) bond motifs is 3. The number of nitrogens with zero attached hydrogens (tertiary/aromatic N) is 1. The maximum absolute atomic E-state index is 15.4. The quantitative estimate of drug-likeness (QED) is 0.301. The van der Waals surface area contributed by atoms with Crippen molar-refractivity contribution in [1.29, 1.82) is 0 Å². The molecule has 0 saturated heterocycles. The number of carbonyl (C=O) groups is 2. The fourth-order valence-electron chi connectivity index (χ4n) is 4.96. The Morgan fingerprint density at radius 1 is 0.722 bits per heavy atom. The minimum Gasteiger partial charge on any atom is -0.465 e. The zero-order valence-electron chi connectivity index (χ0n) is 19.9. The molecule has 0 bridgehead atoms. The molecule has 1 aliphatic carbocycles. The molecule has 0 atom stereocenters. The minimum atomic E-state index is -0.748. The summed E-state index contributed by atoms with van der Waals surface area (Å²) in [5, 5.41) is 0. The second-order valence-electron chi connectivity index (χ2n) is 8.49. The summed E-state index contributed by atoms with van der Waals surface area (Å²) < 4.78 is 25.4. The number of halogens is 1. The SMILES string of the molecule is COC(=O)c1cccc(-c2ccccc2CN(C(=O)OC)C2c3ccccc3-c3ccccc32)c1F. The highest BCUT2D eigenvalue weighted by atomic mass is 19.1.